The predicted molar refractivity (Wildman–Crippen MR) is 253 cm³/mol. The lowest BCUT2D eigenvalue weighted by molar-refractivity contribution is 0.670. The highest BCUT2D eigenvalue weighted by Crippen LogP contribution is 2.46. The summed E-state index contributed by atoms with van der Waals surface area (Å²) < 4.78 is 6.57. The number of benzene rings is 12. The quantitative estimate of drug-likeness (QED) is 0.130. The SMILES string of the molecule is c1ccc2cc(-c3c4ccccc4c(-c4ccc(-c5ccc6c(c5)c5ccccc5c5cc7c(cc65)oc5ccc6ccccc6c57)cc4)c4ccccc34)ccc2c1. The molecule has 0 saturated heterocycles. The Morgan fingerprint density at radius 1 is 0.220 bits per heavy atom. The van der Waals surface area contributed by atoms with E-state index in [1.54, 1.807) is 0 Å². The molecule has 0 aliphatic heterocycles. The van der Waals surface area contributed by atoms with Crippen LogP contribution >= 0.6 is 0 Å². The van der Waals surface area contributed by atoms with Gasteiger partial charge >= 0.3 is 0 Å². The summed E-state index contributed by atoms with van der Waals surface area (Å²) in [4.78, 5) is 0. The minimum atomic E-state index is 0.922. The molecule has 0 bridgehead atoms. The summed E-state index contributed by atoms with van der Waals surface area (Å²) >= 11 is 0. The predicted octanol–water partition coefficient (Wildman–Crippen LogP) is 16.7. The van der Waals surface area contributed by atoms with Gasteiger partial charge < -0.3 is 4.42 Å². The Morgan fingerprint density at radius 3 is 1.39 bits per heavy atom. The van der Waals surface area contributed by atoms with Crippen molar-refractivity contribution in [3.8, 4) is 33.4 Å². The van der Waals surface area contributed by atoms with Crippen molar-refractivity contribution in [2.45, 2.75) is 0 Å². The summed E-state index contributed by atoms with van der Waals surface area (Å²) in [5.41, 5.74) is 9.25. The molecule has 0 aliphatic rings. The smallest absolute Gasteiger partial charge is 0.136 e. The van der Waals surface area contributed by atoms with Crippen LogP contribution in [0, 0.1) is 0 Å². The first-order valence-corrected chi connectivity index (χ1v) is 20.4. The molecule has 1 nitrogen and oxygen atoms in total. The zero-order chi connectivity index (χ0) is 38.6. The number of hydrogen-bond donors (Lipinski definition) is 0. The normalized spacial score (nSPS) is 12.1. The maximum absolute atomic E-state index is 6.57. The fraction of sp³-hybridized carbons (Fsp3) is 0. The molecule has 12 aromatic carbocycles. The Morgan fingerprint density at radius 2 is 0.695 bits per heavy atom. The van der Waals surface area contributed by atoms with Crippen molar-refractivity contribution in [3.05, 3.63) is 206 Å². The van der Waals surface area contributed by atoms with Crippen molar-refractivity contribution in [3.63, 3.8) is 0 Å². The highest BCUT2D eigenvalue weighted by atomic mass is 16.3. The van der Waals surface area contributed by atoms with Crippen molar-refractivity contribution >= 4 is 97.3 Å². The third-order valence-corrected chi connectivity index (χ3v) is 12.8. The van der Waals surface area contributed by atoms with E-state index in [9.17, 15) is 0 Å². The van der Waals surface area contributed by atoms with Crippen LogP contribution in [-0.4, -0.2) is 0 Å². The van der Waals surface area contributed by atoms with Gasteiger partial charge in [0.05, 0.1) is 0 Å². The van der Waals surface area contributed by atoms with Crippen molar-refractivity contribution < 1.29 is 4.42 Å². The summed E-state index contributed by atoms with van der Waals surface area (Å²) in [5, 5.41) is 19.8. The topological polar surface area (TPSA) is 13.1 Å². The standard InChI is InChI=1S/C58H34O/c1-2-13-39-31-41(26-23-35(39)11-1)57-48-19-9-7-17-46(48)56(47-18-8-10-20-49(47)57)38-24-21-36(22-25-38)40-27-29-45-50(32-40)43-15-5-6-16-44(43)51-33-53-55(34-52(45)51)59-54-30-28-37-12-3-4-14-42(37)58(53)54/h1-34H. The average Bonchev–Trinajstić information content (AvgIpc) is 3.68. The molecule has 0 saturated carbocycles. The first-order valence-electron chi connectivity index (χ1n) is 20.4. The highest BCUT2D eigenvalue weighted by Gasteiger charge is 2.19. The molecule has 59 heavy (non-hydrogen) atoms. The minimum absolute atomic E-state index is 0.922. The van der Waals surface area contributed by atoms with Crippen molar-refractivity contribution in [1.29, 1.82) is 0 Å². The molecule has 0 radical (unpaired) electrons. The summed E-state index contributed by atoms with van der Waals surface area (Å²) in [7, 11) is 0. The van der Waals surface area contributed by atoms with E-state index < -0.39 is 0 Å². The second-order valence-electron chi connectivity index (χ2n) is 15.9. The summed E-state index contributed by atoms with van der Waals surface area (Å²) in [6.07, 6.45) is 0. The van der Waals surface area contributed by atoms with Gasteiger partial charge in [-0.15, -0.1) is 0 Å². The Bertz CT molecular complexity index is 3830. The van der Waals surface area contributed by atoms with E-state index in [1.165, 1.54) is 114 Å². The molecule has 0 aliphatic carbocycles. The molecule has 0 spiro atoms. The monoisotopic (exact) mass is 746 g/mol. The third kappa shape index (κ3) is 4.79. The summed E-state index contributed by atoms with van der Waals surface area (Å²) in [6.45, 7) is 0. The van der Waals surface area contributed by atoms with Gasteiger partial charge in [-0.25, -0.2) is 0 Å². The van der Waals surface area contributed by atoms with Gasteiger partial charge in [0, 0.05) is 10.8 Å². The molecule has 0 amide bonds. The molecule has 1 heteroatoms. The molecule has 272 valence electrons. The van der Waals surface area contributed by atoms with Gasteiger partial charge in [0.2, 0.25) is 0 Å². The zero-order valence-electron chi connectivity index (χ0n) is 32.0. The largest absolute Gasteiger partial charge is 0.456 e. The van der Waals surface area contributed by atoms with Crippen LogP contribution in [0.25, 0.3) is 131 Å². The lowest BCUT2D eigenvalue weighted by Gasteiger charge is -2.18. The van der Waals surface area contributed by atoms with Crippen molar-refractivity contribution in [2.24, 2.45) is 0 Å². The van der Waals surface area contributed by atoms with Gasteiger partial charge in [0.25, 0.3) is 0 Å². The van der Waals surface area contributed by atoms with Crippen LogP contribution in [0.4, 0.5) is 0 Å². The fourth-order valence-corrected chi connectivity index (χ4v) is 10.1. The van der Waals surface area contributed by atoms with Gasteiger partial charge in [-0.2, -0.15) is 0 Å². The summed E-state index contributed by atoms with van der Waals surface area (Å²) in [5.74, 6) is 0. The van der Waals surface area contributed by atoms with Gasteiger partial charge in [-0.05, 0) is 139 Å². The Hall–Kier alpha value is -7.74. The molecule has 0 fully saturated rings. The van der Waals surface area contributed by atoms with E-state index in [1.807, 2.05) is 0 Å². The van der Waals surface area contributed by atoms with E-state index in [-0.39, 0.29) is 0 Å². The third-order valence-electron chi connectivity index (χ3n) is 12.8. The first-order chi connectivity index (χ1) is 29.2. The molecule has 0 atom stereocenters. The number of hydrogen-bond acceptors (Lipinski definition) is 1. The Labute approximate surface area is 340 Å². The van der Waals surface area contributed by atoms with Crippen LogP contribution in [0.15, 0.2) is 211 Å². The maximum atomic E-state index is 6.57. The van der Waals surface area contributed by atoms with E-state index in [4.69, 9.17) is 4.42 Å². The number of fused-ring (bicyclic) bond motifs is 14. The average molecular weight is 747 g/mol. The Balaban J connectivity index is 0.967. The van der Waals surface area contributed by atoms with Gasteiger partial charge in [-0.3, -0.25) is 0 Å². The van der Waals surface area contributed by atoms with Crippen LogP contribution < -0.4 is 0 Å². The lowest BCUT2D eigenvalue weighted by Crippen LogP contribution is -1.91. The number of rotatable bonds is 3. The molecule has 1 heterocycles. The zero-order valence-corrected chi connectivity index (χ0v) is 32.0. The van der Waals surface area contributed by atoms with Crippen molar-refractivity contribution in [2.75, 3.05) is 0 Å². The molecule has 0 N–H and O–H groups in total. The molecule has 0 unspecified atom stereocenters. The molecule has 13 rings (SSSR count). The second kappa shape index (κ2) is 12.4. The lowest BCUT2D eigenvalue weighted by atomic mass is 9.85. The molecule has 1 aromatic heterocycles. The van der Waals surface area contributed by atoms with Crippen LogP contribution in [0.2, 0.25) is 0 Å². The second-order valence-corrected chi connectivity index (χ2v) is 15.9. The van der Waals surface area contributed by atoms with Gasteiger partial charge in [0.15, 0.2) is 0 Å². The van der Waals surface area contributed by atoms with Gasteiger partial charge in [-0.1, -0.05) is 176 Å². The minimum Gasteiger partial charge on any atom is -0.456 e. The van der Waals surface area contributed by atoms with Gasteiger partial charge in [0.1, 0.15) is 11.2 Å². The number of furan rings is 1. The van der Waals surface area contributed by atoms with Crippen molar-refractivity contribution in [1.82, 2.24) is 0 Å². The van der Waals surface area contributed by atoms with Crippen LogP contribution in [-0.2, 0) is 0 Å². The fourth-order valence-electron chi connectivity index (χ4n) is 10.1. The highest BCUT2D eigenvalue weighted by molar-refractivity contribution is 6.30. The molecule has 13 aromatic rings. The summed E-state index contributed by atoms with van der Waals surface area (Å²) in [6, 6.07) is 75.9. The molecular weight excluding hydrogens is 713 g/mol. The van der Waals surface area contributed by atoms with E-state index in [2.05, 4.69) is 206 Å². The van der Waals surface area contributed by atoms with E-state index in [0.717, 1.165) is 16.6 Å². The van der Waals surface area contributed by atoms with E-state index in [0.29, 0.717) is 0 Å². The van der Waals surface area contributed by atoms with E-state index >= 15 is 0 Å². The van der Waals surface area contributed by atoms with Crippen LogP contribution in [0.5, 0.6) is 0 Å². The Kier molecular flexibility index (Phi) is 6.79. The molecular formula is C58H34O. The van der Waals surface area contributed by atoms with Crippen LogP contribution in [0.3, 0.4) is 0 Å². The first kappa shape index (κ1) is 32.4. The maximum Gasteiger partial charge on any atom is 0.136 e. The van der Waals surface area contributed by atoms with Crippen LogP contribution in [0.1, 0.15) is 0 Å².